The summed E-state index contributed by atoms with van der Waals surface area (Å²) in [6, 6.07) is 0. The first-order chi connectivity index (χ1) is 8.88. The second-order valence-corrected chi connectivity index (χ2v) is 5.36. The van der Waals surface area contributed by atoms with Crippen molar-refractivity contribution in [3.63, 3.8) is 0 Å². The van der Waals surface area contributed by atoms with Crippen LogP contribution >= 0.6 is 11.3 Å². The number of hydrogen-bond donors (Lipinski definition) is 1. The number of aromatic nitrogens is 1. The summed E-state index contributed by atoms with van der Waals surface area (Å²) in [5.74, 6) is 0. The quantitative estimate of drug-likeness (QED) is 0.771. The van der Waals surface area contributed by atoms with Gasteiger partial charge in [0.1, 0.15) is 5.01 Å². The van der Waals surface area contributed by atoms with Crippen molar-refractivity contribution in [2.24, 2.45) is 0 Å². The standard InChI is InChI=1S/C12H21N3O2S/c16-7-4-15(11-12-13-1-10-18-12)3-2-14-5-8-17-9-6-14/h1,10,16H,2-9,11H2. The average Bonchev–Trinajstić information content (AvgIpc) is 2.90. The number of aliphatic hydroxyl groups excluding tert-OH is 1. The predicted molar refractivity (Wildman–Crippen MR) is 71.7 cm³/mol. The maximum atomic E-state index is 9.11. The van der Waals surface area contributed by atoms with Crippen molar-refractivity contribution < 1.29 is 9.84 Å². The summed E-state index contributed by atoms with van der Waals surface area (Å²) in [7, 11) is 0. The Labute approximate surface area is 112 Å². The zero-order chi connectivity index (χ0) is 12.6. The lowest BCUT2D eigenvalue weighted by Crippen LogP contribution is -2.41. The number of morpholine rings is 1. The largest absolute Gasteiger partial charge is 0.395 e. The molecule has 6 heteroatoms. The van der Waals surface area contributed by atoms with Crippen molar-refractivity contribution in [1.82, 2.24) is 14.8 Å². The summed E-state index contributed by atoms with van der Waals surface area (Å²) in [6.45, 7) is 7.48. The van der Waals surface area contributed by atoms with Gasteiger partial charge in [0.2, 0.25) is 0 Å². The van der Waals surface area contributed by atoms with Gasteiger partial charge in [0, 0.05) is 44.3 Å². The highest BCUT2D eigenvalue weighted by atomic mass is 32.1. The number of ether oxygens (including phenoxy) is 1. The van der Waals surface area contributed by atoms with Crippen molar-refractivity contribution in [2.75, 3.05) is 52.5 Å². The monoisotopic (exact) mass is 271 g/mol. The van der Waals surface area contributed by atoms with Crippen LogP contribution in [-0.2, 0) is 11.3 Å². The zero-order valence-corrected chi connectivity index (χ0v) is 11.4. The van der Waals surface area contributed by atoms with Crippen LogP contribution in [-0.4, -0.2) is 72.4 Å². The van der Waals surface area contributed by atoms with Crippen molar-refractivity contribution in [1.29, 1.82) is 0 Å². The van der Waals surface area contributed by atoms with E-state index in [1.54, 1.807) is 11.3 Å². The number of rotatable bonds is 7. The molecule has 1 aromatic rings. The second kappa shape index (κ2) is 7.81. The Bertz CT molecular complexity index is 315. The van der Waals surface area contributed by atoms with Crippen LogP contribution in [0, 0.1) is 0 Å². The van der Waals surface area contributed by atoms with Gasteiger partial charge in [0.15, 0.2) is 0 Å². The van der Waals surface area contributed by atoms with Crippen molar-refractivity contribution in [2.45, 2.75) is 6.54 Å². The Morgan fingerprint density at radius 3 is 2.89 bits per heavy atom. The van der Waals surface area contributed by atoms with E-state index < -0.39 is 0 Å². The number of aliphatic hydroxyl groups is 1. The van der Waals surface area contributed by atoms with Crippen molar-refractivity contribution >= 4 is 11.3 Å². The molecule has 18 heavy (non-hydrogen) atoms. The van der Waals surface area contributed by atoms with Gasteiger partial charge in [-0.15, -0.1) is 11.3 Å². The highest BCUT2D eigenvalue weighted by Crippen LogP contribution is 2.08. The minimum atomic E-state index is 0.203. The molecule has 5 nitrogen and oxygen atoms in total. The van der Waals surface area contributed by atoms with Crippen molar-refractivity contribution in [3.8, 4) is 0 Å². The first-order valence-electron chi connectivity index (χ1n) is 6.40. The molecule has 0 unspecified atom stereocenters. The van der Waals surface area contributed by atoms with Crippen LogP contribution in [0.4, 0.5) is 0 Å². The predicted octanol–water partition coefficient (Wildman–Crippen LogP) is 0.270. The Hall–Kier alpha value is -0.530. The van der Waals surface area contributed by atoms with Gasteiger partial charge in [-0.25, -0.2) is 4.98 Å². The molecule has 2 rings (SSSR count). The third-order valence-corrected chi connectivity index (χ3v) is 3.86. The fourth-order valence-electron chi connectivity index (χ4n) is 2.04. The summed E-state index contributed by atoms with van der Waals surface area (Å²) < 4.78 is 5.34. The van der Waals surface area contributed by atoms with Crippen LogP contribution in [0.2, 0.25) is 0 Å². The van der Waals surface area contributed by atoms with Gasteiger partial charge < -0.3 is 9.84 Å². The molecule has 1 N–H and O–H groups in total. The van der Waals surface area contributed by atoms with E-state index in [2.05, 4.69) is 14.8 Å². The molecule has 0 aromatic carbocycles. The van der Waals surface area contributed by atoms with Crippen molar-refractivity contribution in [3.05, 3.63) is 16.6 Å². The zero-order valence-electron chi connectivity index (χ0n) is 10.6. The maximum Gasteiger partial charge on any atom is 0.107 e. The van der Waals surface area contributed by atoms with Gasteiger partial charge in [0.05, 0.1) is 26.4 Å². The Kier molecular flexibility index (Phi) is 6.02. The van der Waals surface area contributed by atoms with Crippen LogP contribution in [0.25, 0.3) is 0 Å². The molecule has 0 atom stereocenters. The smallest absolute Gasteiger partial charge is 0.107 e. The summed E-state index contributed by atoms with van der Waals surface area (Å²) in [6.07, 6.45) is 1.83. The minimum absolute atomic E-state index is 0.203. The van der Waals surface area contributed by atoms with E-state index in [0.717, 1.165) is 50.9 Å². The van der Waals surface area contributed by atoms with E-state index >= 15 is 0 Å². The van der Waals surface area contributed by atoms with Gasteiger partial charge in [0.25, 0.3) is 0 Å². The molecule has 0 amide bonds. The fourth-order valence-corrected chi connectivity index (χ4v) is 2.70. The topological polar surface area (TPSA) is 48.8 Å². The second-order valence-electron chi connectivity index (χ2n) is 4.38. The van der Waals surface area contributed by atoms with Gasteiger partial charge in [-0.3, -0.25) is 9.80 Å². The fraction of sp³-hybridized carbons (Fsp3) is 0.750. The summed E-state index contributed by atoms with van der Waals surface area (Å²) >= 11 is 1.67. The Balaban J connectivity index is 1.74. The lowest BCUT2D eigenvalue weighted by atomic mass is 10.3. The first kappa shape index (κ1) is 13.9. The minimum Gasteiger partial charge on any atom is -0.395 e. The average molecular weight is 271 g/mol. The Morgan fingerprint density at radius 1 is 1.39 bits per heavy atom. The van der Waals surface area contributed by atoms with Crippen LogP contribution in [0.15, 0.2) is 11.6 Å². The lowest BCUT2D eigenvalue weighted by molar-refractivity contribution is 0.0320. The van der Waals surface area contributed by atoms with Crippen LogP contribution in [0.5, 0.6) is 0 Å². The third kappa shape index (κ3) is 4.62. The van der Waals surface area contributed by atoms with Gasteiger partial charge >= 0.3 is 0 Å². The number of thiazole rings is 1. The molecule has 0 spiro atoms. The summed E-state index contributed by atoms with van der Waals surface area (Å²) in [5.41, 5.74) is 0. The third-order valence-electron chi connectivity index (χ3n) is 3.09. The van der Waals surface area contributed by atoms with Gasteiger partial charge in [-0.2, -0.15) is 0 Å². The van der Waals surface area contributed by atoms with Crippen LogP contribution < -0.4 is 0 Å². The molecule has 1 aliphatic rings. The highest BCUT2D eigenvalue weighted by molar-refractivity contribution is 7.09. The molecule has 1 aromatic heterocycles. The van der Waals surface area contributed by atoms with Crippen LogP contribution in [0.1, 0.15) is 5.01 Å². The SMILES string of the molecule is OCCN(CCN1CCOCC1)Cc1nccs1. The molecule has 102 valence electrons. The van der Waals surface area contributed by atoms with E-state index in [1.807, 2.05) is 11.6 Å². The molecule has 1 fully saturated rings. The maximum absolute atomic E-state index is 9.11. The van der Waals surface area contributed by atoms with E-state index in [9.17, 15) is 0 Å². The molecule has 1 saturated heterocycles. The van der Waals surface area contributed by atoms with Gasteiger partial charge in [-0.05, 0) is 0 Å². The van der Waals surface area contributed by atoms with E-state index in [-0.39, 0.29) is 6.61 Å². The molecule has 0 radical (unpaired) electrons. The molecule has 0 aliphatic carbocycles. The van der Waals surface area contributed by atoms with E-state index in [0.29, 0.717) is 6.54 Å². The molecule has 1 aliphatic heterocycles. The van der Waals surface area contributed by atoms with Gasteiger partial charge in [-0.1, -0.05) is 0 Å². The lowest BCUT2D eigenvalue weighted by Gasteiger charge is -2.29. The summed E-state index contributed by atoms with van der Waals surface area (Å²) in [5, 5.41) is 12.2. The summed E-state index contributed by atoms with van der Waals surface area (Å²) in [4.78, 5) is 8.97. The first-order valence-corrected chi connectivity index (χ1v) is 7.28. The molecule has 0 saturated carbocycles. The number of nitrogens with zero attached hydrogens (tertiary/aromatic N) is 3. The molecular weight excluding hydrogens is 250 g/mol. The highest BCUT2D eigenvalue weighted by Gasteiger charge is 2.13. The van der Waals surface area contributed by atoms with E-state index in [1.165, 1.54) is 0 Å². The molecule has 2 heterocycles. The molecular formula is C12H21N3O2S. The Morgan fingerprint density at radius 2 is 2.22 bits per heavy atom. The number of hydrogen-bond acceptors (Lipinski definition) is 6. The molecule has 0 bridgehead atoms. The van der Waals surface area contributed by atoms with Crippen LogP contribution in [0.3, 0.4) is 0 Å². The normalized spacial score (nSPS) is 17.4. The van der Waals surface area contributed by atoms with E-state index in [4.69, 9.17) is 9.84 Å².